The predicted octanol–water partition coefficient (Wildman–Crippen LogP) is -0.0590. The minimum absolute atomic E-state index is 0.0882. The van der Waals surface area contributed by atoms with Gasteiger partial charge < -0.3 is 15.2 Å². The van der Waals surface area contributed by atoms with Crippen molar-refractivity contribution in [2.45, 2.75) is 20.0 Å². The number of nitrogens with one attached hydrogen (secondary N) is 2. The Labute approximate surface area is 89.5 Å². The van der Waals surface area contributed by atoms with Crippen molar-refractivity contribution >= 4 is 0 Å². The number of H-pyrrole nitrogens is 1. The normalized spacial score (nSPS) is 10.9. The Kier molecular flexibility index (Phi) is 4.45. The molecule has 5 nitrogen and oxygen atoms in total. The molecule has 5 heteroatoms. The second-order valence-corrected chi connectivity index (χ2v) is 3.70. The van der Waals surface area contributed by atoms with Gasteiger partial charge in [0, 0.05) is 12.6 Å². The number of hydrogen-bond donors (Lipinski definition) is 2. The van der Waals surface area contributed by atoms with E-state index in [0.717, 1.165) is 12.2 Å². The van der Waals surface area contributed by atoms with Gasteiger partial charge in [0.25, 0.3) is 5.56 Å². The first-order chi connectivity index (χ1) is 7.11. The van der Waals surface area contributed by atoms with Crippen LogP contribution in [0.4, 0.5) is 0 Å². The van der Waals surface area contributed by atoms with Gasteiger partial charge in [0.15, 0.2) is 0 Å². The molecule has 0 saturated carbocycles. The Bertz CT molecular complexity index is 359. The van der Waals surface area contributed by atoms with Crippen molar-refractivity contribution in [1.29, 1.82) is 0 Å². The Hall–Kier alpha value is -1.20. The lowest BCUT2D eigenvalue weighted by atomic mass is 10.4. The number of aromatic nitrogens is 2. The summed E-state index contributed by atoms with van der Waals surface area (Å²) in [6.07, 6.45) is 0. The zero-order valence-corrected chi connectivity index (χ0v) is 9.50. The van der Waals surface area contributed by atoms with E-state index in [2.05, 4.69) is 15.3 Å². The minimum Gasteiger partial charge on any atom is -0.311 e. The van der Waals surface area contributed by atoms with Crippen molar-refractivity contribution in [3.63, 3.8) is 0 Å². The van der Waals surface area contributed by atoms with Crippen LogP contribution >= 0.6 is 0 Å². The summed E-state index contributed by atoms with van der Waals surface area (Å²) in [5.74, 6) is 0.709. The fraction of sp³-hybridized carbons (Fsp3) is 0.600. The van der Waals surface area contributed by atoms with Gasteiger partial charge in [0.2, 0.25) is 0 Å². The first-order valence-electron chi connectivity index (χ1n) is 5.06. The fourth-order valence-electron chi connectivity index (χ4n) is 1.28. The third-order valence-corrected chi connectivity index (χ3v) is 1.87. The SMILES string of the molecule is CCNCc1cc(=O)[nH]c(CN(C)C)n1. The van der Waals surface area contributed by atoms with Gasteiger partial charge in [-0.05, 0) is 20.6 Å². The van der Waals surface area contributed by atoms with Gasteiger partial charge >= 0.3 is 0 Å². The zero-order valence-electron chi connectivity index (χ0n) is 9.50. The van der Waals surface area contributed by atoms with Gasteiger partial charge in [-0.1, -0.05) is 6.92 Å². The molecule has 1 heterocycles. The molecular formula is C10H18N4O. The summed E-state index contributed by atoms with van der Waals surface area (Å²) in [5, 5.41) is 3.14. The maximum Gasteiger partial charge on any atom is 0.251 e. The minimum atomic E-state index is -0.0882. The quantitative estimate of drug-likeness (QED) is 0.715. The van der Waals surface area contributed by atoms with Crippen LogP contribution < -0.4 is 10.9 Å². The average Bonchev–Trinajstić information content (AvgIpc) is 2.12. The highest BCUT2D eigenvalue weighted by Gasteiger charge is 2.01. The number of rotatable bonds is 5. The molecule has 15 heavy (non-hydrogen) atoms. The van der Waals surface area contributed by atoms with E-state index in [1.54, 1.807) is 0 Å². The van der Waals surface area contributed by atoms with Gasteiger partial charge in [-0.3, -0.25) is 4.79 Å². The van der Waals surface area contributed by atoms with Gasteiger partial charge in [-0.2, -0.15) is 0 Å². The summed E-state index contributed by atoms with van der Waals surface area (Å²) >= 11 is 0. The van der Waals surface area contributed by atoms with Gasteiger partial charge in [0.1, 0.15) is 5.82 Å². The molecule has 0 aliphatic heterocycles. The van der Waals surface area contributed by atoms with Crippen molar-refractivity contribution in [2.24, 2.45) is 0 Å². The highest BCUT2D eigenvalue weighted by Crippen LogP contribution is 1.94. The van der Waals surface area contributed by atoms with Crippen LogP contribution in [0.1, 0.15) is 18.4 Å². The van der Waals surface area contributed by atoms with Crippen LogP contribution in [-0.2, 0) is 13.1 Å². The lowest BCUT2D eigenvalue weighted by Gasteiger charge is -2.09. The lowest BCUT2D eigenvalue weighted by Crippen LogP contribution is -2.21. The summed E-state index contributed by atoms with van der Waals surface area (Å²) < 4.78 is 0. The van der Waals surface area contributed by atoms with Crippen LogP contribution in [0.2, 0.25) is 0 Å². The largest absolute Gasteiger partial charge is 0.311 e. The van der Waals surface area contributed by atoms with Crippen LogP contribution in [0.15, 0.2) is 10.9 Å². The molecule has 2 N–H and O–H groups in total. The van der Waals surface area contributed by atoms with Gasteiger partial charge in [-0.25, -0.2) is 4.98 Å². The van der Waals surface area contributed by atoms with E-state index in [9.17, 15) is 4.79 Å². The molecule has 0 unspecified atom stereocenters. The van der Waals surface area contributed by atoms with E-state index >= 15 is 0 Å². The highest BCUT2D eigenvalue weighted by atomic mass is 16.1. The van der Waals surface area contributed by atoms with E-state index in [1.807, 2.05) is 25.9 Å². The van der Waals surface area contributed by atoms with E-state index in [1.165, 1.54) is 6.07 Å². The van der Waals surface area contributed by atoms with Crippen molar-refractivity contribution in [3.05, 3.63) is 27.9 Å². The van der Waals surface area contributed by atoms with Crippen molar-refractivity contribution in [1.82, 2.24) is 20.2 Å². The van der Waals surface area contributed by atoms with Crippen molar-refractivity contribution in [3.8, 4) is 0 Å². The second kappa shape index (κ2) is 5.63. The lowest BCUT2D eigenvalue weighted by molar-refractivity contribution is 0.389. The number of hydrogen-bond acceptors (Lipinski definition) is 4. The molecule has 0 bridgehead atoms. The molecule has 0 atom stereocenters. The molecule has 1 rings (SSSR count). The number of nitrogens with zero attached hydrogens (tertiary/aromatic N) is 2. The maximum atomic E-state index is 11.3. The first-order valence-corrected chi connectivity index (χ1v) is 5.06. The fourth-order valence-corrected chi connectivity index (χ4v) is 1.28. The van der Waals surface area contributed by atoms with E-state index in [0.29, 0.717) is 18.9 Å². The van der Waals surface area contributed by atoms with Crippen LogP contribution in [0, 0.1) is 0 Å². The molecule has 0 spiro atoms. The Morgan fingerprint density at radius 2 is 2.27 bits per heavy atom. The summed E-state index contributed by atoms with van der Waals surface area (Å²) in [4.78, 5) is 20.4. The molecule has 0 radical (unpaired) electrons. The molecule has 0 aliphatic carbocycles. The van der Waals surface area contributed by atoms with E-state index < -0.39 is 0 Å². The molecule has 1 aromatic rings. The molecule has 0 aliphatic rings. The van der Waals surface area contributed by atoms with Gasteiger partial charge in [0.05, 0.1) is 12.2 Å². The second-order valence-electron chi connectivity index (χ2n) is 3.70. The maximum absolute atomic E-state index is 11.3. The van der Waals surface area contributed by atoms with E-state index in [4.69, 9.17) is 0 Å². The van der Waals surface area contributed by atoms with Crippen LogP contribution in [-0.4, -0.2) is 35.5 Å². The van der Waals surface area contributed by atoms with E-state index in [-0.39, 0.29) is 5.56 Å². The Balaban J connectivity index is 2.80. The average molecular weight is 210 g/mol. The topological polar surface area (TPSA) is 61.0 Å². The number of aromatic amines is 1. The van der Waals surface area contributed by atoms with Crippen molar-refractivity contribution in [2.75, 3.05) is 20.6 Å². The monoisotopic (exact) mass is 210 g/mol. The molecule has 0 amide bonds. The van der Waals surface area contributed by atoms with Crippen LogP contribution in [0.3, 0.4) is 0 Å². The summed E-state index contributed by atoms with van der Waals surface area (Å²) in [6.45, 7) is 4.18. The predicted molar refractivity (Wildman–Crippen MR) is 59.6 cm³/mol. The highest BCUT2D eigenvalue weighted by molar-refractivity contribution is 5.02. The summed E-state index contributed by atoms with van der Waals surface area (Å²) in [7, 11) is 3.88. The molecule has 1 aromatic heterocycles. The third kappa shape index (κ3) is 4.22. The van der Waals surface area contributed by atoms with Gasteiger partial charge in [-0.15, -0.1) is 0 Å². The first kappa shape index (κ1) is 11.9. The smallest absolute Gasteiger partial charge is 0.251 e. The van der Waals surface area contributed by atoms with Crippen molar-refractivity contribution < 1.29 is 0 Å². The van der Waals surface area contributed by atoms with Crippen LogP contribution in [0.25, 0.3) is 0 Å². The molecule has 0 fully saturated rings. The summed E-state index contributed by atoms with van der Waals surface area (Å²) in [6, 6.07) is 1.53. The molecule has 84 valence electrons. The molecule has 0 saturated heterocycles. The molecule has 0 aromatic carbocycles. The van der Waals surface area contributed by atoms with Crippen LogP contribution in [0.5, 0.6) is 0 Å². The third-order valence-electron chi connectivity index (χ3n) is 1.87. The standard InChI is InChI=1S/C10H18N4O/c1-4-11-6-8-5-10(15)13-9(12-8)7-14(2)3/h5,11H,4,6-7H2,1-3H3,(H,12,13,15). The Morgan fingerprint density at radius 3 is 2.87 bits per heavy atom. The summed E-state index contributed by atoms with van der Waals surface area (Å²) in [5.41, 5.74) is 0.701. The zero-order chi connectivity index (χ0) is 11.3. The molecular weight excluding hydrogens is 192 g/mol. The Morgan fingerprint density at radius 1 is 1.53 bits per heavy atom.